The number of benzene rings is 2. The predicted octanol–water partition coefficient (Wildman–Crippen LogP) is 5.01. The quantitative estimate of drug-likeness (QED) is 0.342. The summed E-state index contributed by atoms with van der Waals surface area (Å²) in [5.41, 5.74) is 1.19. The van der Waals surface area contributed by atoms with Crippen molar-refractivity contribution in [3.63, 3.8) is 0 Å². The number of anilines is 1. The minimum atomic E-state index is -2.85. The van der Waals surface area contributed by atoms with Gasteiger partial charge in [-0.05, 0) is 50.2 Å². The molecular weight excluding hydrogens is 584 g/mol. The van der Waals surface area contributed by atoms with Crippen LogP contribution in [0, 0.1) is 11.6 Å². The maximum absolute atomic E-state index is 14.5. The number of carbonyl (C=O) groups excluding carboxylic acids is 2. The average molecular weight is 619 g/mol. The highest BCUT2D eigenvalue weighted by Crippen LogP contribution is 2.37. The Kier molecular flexibility index (Phi) is 11.0. The second kappa shape index (κ2) is 14.9. The van der Waals surface area contributed by atoms with Gasteiger partial charge in [-0.2, -0.15) is 8.78 Å². The molecule has 0 bridgehead atoms. The van der Waals surface area contributed by atoms with Crippen LogP contribution < -0.4 is 29.7 Å². The molecular formula is C31H34F4N4O5. The van der Waals surface area contributed by atoms with Crippen molar-refractivity contribution in [1.29, 1.82) is 0 Å². The largest absolute Gasteiger partial charge is 0.497 e. The second-order valence-corrected chi connectivity index (χ2v) is 10.2. The third-order valence-electron chi connectivity index (χ3n) is 7.47. The lowest BCUT2D eigenvalue weighted by molar-refractivity contribution is -0.117. The molecule has 5 rings (SSSR count). The van der Waals surface area contributed by atoms with E-state index in [2.05, 4.69) is 15.4 Å². The first-order valence-corrected chi connectivity index (χ1v) is 14.0. The summed E-state index contributed by atoms with van der Waals surface area (Å²) in [7, 11) is 4.41. The number of nitrogens with one attached hydrogen (secondary N) is 2. The van der Waals surface area contributed by atoms with Crippen LogP contribution in [0.4, 0.5) is 23.4 Å². The zero-order chi connectivity index (χ0) is 31.8. The van der Waals surface area contributed by atoms with Crippen LogP contribution in [0.5, 0.6) is 17.2 Å². The lowest BCUT2D eigenvalue weighted by atomic mass is 9.94. The maximum atomic E-state index is 14.5. The number of halogens is 4. The number of pyridine rings is 1. The van der Waals surface area contributed by atoms with E-state index in [1.54, 1.807) is 13.2 Å². The number of ether oxygens (including phenoxy) is 3. The van der Waals surface area contributed by atoms with Gasteiger partial charge in [-0.3, -0.25) is 14.5 Å². The lowest BCUT2D eigenvalue weighted by Crippen LogP contribution is -2.28. The van der Waals surface area contributed by atoms with Gasteiger partial charge in [0.05, 0.1) is 14.2 Å². The fraction of sp³-hybridized carbons (Fsp3) is 0.387. The molecule has 236 valence electrons. The Bertz CT molecular complexity index is 1430. The van der Waals surface area contributed by atoms with Crippen molar-refractivity contribution in [2.45, 2.75) is 37.7 Å². The number of nitrogens with zero attached hydrogens (tertiary/aromatic N) is 2. The van der Waals surface area contributed by atoms with Crippen LogP contribution in [-0.2, 0) is 4.79 Å². The number of alkyl halides is 2. The van der Waals surface area contributed by atoms with E-state index in [9.17, 15) is 27.2 Å². The van der Waals surface area contributed by atoms with Crippen molar-refractivity contribution < 1.29 is 41.4 Å². The minimum absolute atomic E-state index is 0.0156. The van der Waals surface area contributed by atoms with Crippen molar-refractivity contribution in [2.24, 2.45) is 0 Å². The summed E-state index contributed by atoms with van der Waals surface area (Å²) in [4.78, 5) is 30.0. The van der Waals surface area contributed by atoms with E-state index in [0.29, 0.717) is 17.1 Å². The van der Waals surface area contributed by atoms with Crippen molar-refractivity contribution in [2.75, 3.05) is 45.8 Å². The summed E-state index contributed by atoms with van der Waals surface area (Å²) < 4.78 is 67.0. The molecule has 2 amide bonds. The van der Waals surface area contributed by atoms with Crippen LogP contribution in [0.1, 0.15) is 52.7 Å². The molecule has 1 unspecified atom stereocenters. The summed E-state index contributed by atoms with van der Waals surface area (Å²) in [6.07, 6.45) is 1.93. The first-order chi connectivity index (χ1) is 21.1. The topological polar surface area (TPSA) is 102 Å². The molecule has 2 aromatic carbocycles. The van der Waals surface area contributed by atoms with Gasteiger partial charge in [-0.25, -0.2) is 13.8 Å². The zero-order valence-electron chi connectivity index (χ0n) is 24.5. The van der Waals surface area contributed by atoms with Gasteiger partial charge in [-0.15, -0.1) is 0 Å². The normalized spacial score (nSPS) is 16.8. The molecule has 44 heavy (non-hydrogen) atoms. The summed E-state index contributed by atoms with van der Waals surface area (Å²) in [5.74, 6) is -0.995. The van der Waals surface area contributed by atoms with E-state index in [-0.39, 0.29) is 47.8 Å². The minimum Gasteiger partial charge on any atom is -0.497 e. The molecule has 2 aliphatic heterocycles. The van der Waals surface area contributed by atoms with E-state index in [1.165, 1.54) is 43.3 Å². The van der Waals surface area contributed by atoms with Gasteiger partial charge in [0.2, 0.25) is 5.91 Å². The third-order valence-corrected chi connectivity index (χ3v) is 7.47. The van der Waals surface area contributed by atoms with Crippen LogP contribution in [0.2, 0.25) is 0 Å². The molecule has 0 saturated carbocycles. The number of hydrogen-bond donors (Lipinski definition) is 2. The highest BCUT2D eigenvalue weighted by Gasteiger charge is 2.36. The number of methoxy groups -OCH3 is 2. The molecule has 3 aromatic rings. The molecule has 1 aromatic heterocycles. The Morgan fingerprint density at radius 3 is 2.14 bits per heavy atom. The van der Waals surface area contributed by atoms with Crippen LogP contribution >= 0.6 is 0 Å². The van der Waals surface area contributed by atoms with E-state index in [1.807, 2.05) is 6.07 Å². The van der Waals surface area contributed by atoms with Crippen LogP contribution in [-0.4, -0.2) is 64.3 Å². The summed E-state index contributed by atoms with van der Waals surface area (Å²) in [5, 5.41) is 5.74. The van der Waals surface area contributed by atoms with Gasteiger partial charge in [0, 0.05) is 72.9 Å². The maximum Gasteiger partial charge on any atom is 0.387 e. The molecule has 2 saturated heterocycles. The highest BCUT2D eigenvalue weighted by atomic mass is 19.3. The highest BCUT2D eigenvalue weighted by molar-refractivity contribution is 5.96. The number of amides is 2. The van der Waals surface area contributed by atoms with Crippen LogP contribution in [0.25, 0.3) is 0 Å². The van der Waals surface area contributed by atoms with Gasteiger partial charge >= 0.3 is 6.61 Å². The first kappa shape index (κ1) is 32.5. The van der Waals surface area contributed by atoms with Crippen molar-refractivity contribution >= 4 is 17.6 Å². The zero-order valence-corrected chi connectivity index (χ0v) is 24.5. The monoisotopic (exact) mass is 618 g/mol. The Hall–Kier alpha value is -4.39. The number of rotatable bonds is 8. The van der Waals surface area contributed by atoms with E-state index in [0.717, 1.165) is 43.8 Å². The average Bonchev–Trinajstić information content (AvgIpc) is 3.41. The molecule has 0 spiro atoms. The lowest BCUT2D eigenvalue weighted by Gasteiger charge is -2.24. The van der Waals surface area contributed by atoms with Gasteiger partial charge in [-0.1, -0.05) is 0 Å². The Morgan fingerprint density at radius 2 is 1.57 bits per heavy atom. The van der Waals surface area contributed by atoms with Gasteiger partial charge in [0.15, 0.2) is 0 Å². The van der Waals surface area contributed by atoms with Gasteiger partial charge in [0.25, 0.3) is 5.91 Å². The number of carbonyl (C=O) groups is 2. The number of aromatic nitrogens is 1. The fourth-order valence-corrected chi connectivity index (χ4v) is 5.22. The van der Waals surface area contributed by atoms with Gasteiger partial charge < -0.3 is 24.8 Å². The second-order valence-electron chi connectivity index (χ2n) is 10.2. The molecule has 1 atom stereocenters. The molecule has 0 aliphatic carbocycles. The molecule has 0 radical (unpaired) electrons. The summed E-state index contributed by atoms with van der Waals surface area (Å²) >= 11 is 0. The van der Waals surface area contributed by atoms with Crippen molar-refractivity contribution in [1.82, 2.24) is 15.6 Å². The molecule has 9 nitrogen and oxygen atoms in total. The van der Waals surface area contributed by atoms with Crippen LogP contribution in [0.15, 0.2) is 48.5 Å². The molecule has 13 heteroatoms. The standard InChI is InChI=1S/C22H25F2N3O3.C9H9F2NO2/c1-29-15-8-17(23)22(18(24)9-15)14-7-21(28)27(12-14)20-11-16(30-2)10-19(26-20)13-3-5-25-6-4-13;1-12-8(13)6-2-4-7(5-3-6)14-9(10)11/h8-11,13-14,25H,3-7,12H2,1-2H3;2-5,9H,1H3,(H,12,13). The molecule has 2 fully saturated rings. The molecule has 3 heterocycles. The molecule has 2 aliphatic rings. The van der Waals surface area contributed by atoms with Crippen molar-refractivity contribution in [3.05, 3.63) is 77.0 Å². The Balaban J connectivity index is 0.000000265. The predicted molar refractivity (Wildman–Crippen MR) is 155 cm³/mol. The number of hydrogen-bond acceptors (Lipinski definition) is 7. The van der Waals surface area contributed by atoms with Crippen molar-refractivity contribution in [3.8, 4) is 17.2 Å². The van der Waals surface area contributed by atoms with Gasteiger partial charge in [0.1, 0.15) is 34.7 Å². The summed E-state index contributed by atoms with van der Waals surface area (Å²) in [6.45, 7) is -0.856. The molecule has 2 N–H and O–H groups in total. The smallest absolute Gasteiger partial charge is 0.387 e. The summed E-state index contributed by atoms with van der Waals surface area (Å²) in [6, 6.07) is 11.3. The Labute approximate surface area is 252 Å². The van der Waals surface area contributed by atoms with E-state index >= 15 is 0 Å². The number of piperidine rings is 1. The van der Waals surface area contributed by atoms with Crippen LogP contribution in [0.3, 0.4) is 0 Å². The first-order valence-electron chi connectivity index (χ1n) is 14.0. The SMILES string of the molecule is CNC(=O)c1ccc(OC(F)F)cc1.COc1cc(C2CCNCC2)nc(N2CC(c3c(F)cc(OC)cc3F)CC2=O)c1. The van der Waals surface area contributed by atoms with E-state index in [4.69, 9.17) is 14.5 Å². The van der Waals surface area contributed by atoms with E-state index < -0.39 is 24.2 Å². The fourth-order valence-electron chi connectivity index (χ4n) is 5.22. The third kappa shape index (κ3) is 7.95. The Morgan fingerprint density at radius 1 is 0.955 bits per heavy atom.